The number of esters is 2. The second kappa shape index (κ2) is 15.0. The lowest BCUT2D eigenvalue weighted by molar-refractivity contribution is -0.164. The highest BCUT2D eigenvalue weighted by Gasteiger charge is 2.44. The molecule has 0 heterocycles. The molecule has 0 spiro atoms. The Labute approximate surface area is 195 Å². The smallest absolute Gasteiger partial charge is 0.331 e. The summed E-state index contributed by atoms with van der Waals surface area (Å²) in [6, 6.07) is 0. The molecule has 0 aromatic heterocycles. The van der Waals surface area contributed by atoms with Gasteiger partial charge in [-0.3, -0.25) is 9.59 Å². The number of aliphatic carboxylic acids is 2. The van der Waals surface area contributed by atoms with E-state index in [1.165, 1.54) is 37.1 Å². The first kappa shape index (κ1) is 28.1. The molecule has 0 amide bonds. The molecule has 8 nitrogen and oxygen atoms in total. The van der Waals surface area contributed by atoms with E-state index in [4.69, 9.17) is 19.7 Å². The van der Waals surface area contributed by atoms with E-state index in [1.54, 1.807) is 0 Å². The highest BCUT2D eigenvalue weighted by Crippen LogP contribution is 2.28. The Bertz CT molecular complexity index is 652. The van der Waals surface area contributed by atoms with E-state index in [0.717, 1.165) is 51.4 Å². The third kappa shape index (κ3) is 10.1. The van der Waals surface area contributed by atoms with Gasteiger partial charge in [0.15, 0.2) is 5.41 Å². The minimum Gasteiger partial charge on any atom is -0.480 e. The van der Waals surface area contributed by atoms with Gasteiger partial charge in [-0.05, 0) is 64.2 Å². The van der Waals surface area contributed by atoms with Crippen molar-refractivity contribution in [2.45, 2.75) is 89.3 Å². The molecule has 2 fully saturated rings. The van der Waals surface area contributed by atoms with Gasteiger partial charge >= 0.3 is 23.9 Å². The van der Waals surface area contributed by atoms with E-state index in [0.29, 0.717) is 0 Å². The summed E-state index contributed by atoms with van der Waals surface area (Å²) in [6.45, 7) is 6.66. The normalized spacial score (nSPS) is 17.3. The van der Waals surface area contributed by atoms with Crippen LogP contribution in [0.25, 0.3) is 0 Å². The molecule has 0 atom stereocenters. The molecular weight excluding hydrogens is 428 g/mol. The maximum atomic E-state index is 11.6. The third-order valence-corrected chi connectivity index (χ3v) is 5.83. The molecule has 0 radical (unpaired) electrons. The van der Waals surface area contributed by atoms with Crippen LogP contribution in [-0.4, -0.2) is 46.3 Å². The number of hydrogen-bond donors (Lipinski definition) is 2. The molecule has 184 valence electrons. The van der Waals surface area contributed by atoms with Crippen LogP contribution >= 0.6 is 0 Å². The summed E-state index contributed by atoms with van der Waals surface area (Å²) in [7, 11) is 0. The Kier molecular flexibility index (Phi) is 12.8. The van der Waals surface area contributed by atoms with Gasteiger partial charge in [-0.1, -0.05) is 25.0 Å². The van der Waals surface area contributed by atoms with Crippen LogP contribution in [0.3, 0.4) is 0 Å². The topological polar surface area (TPSA) is 127 Å². The summed E-state index contributed by atoms with van der Waals surface area (Å²) in [5.74, 6) is -3.59. The van der Waals surface area contributed by atoms with E-state index in [1.807, 2.05) is 0 Å². The number of carboxylic acid groups (broad SMARTS) is 2. The fourth-order valence-corrected chi connectivity index (χ4v) is 3.93. The van der Waals surface area contributed by atoms with Gasteiger partial charge in [-0.15, -0.1) is 13.2 Å². The molecule has 0 saturated heterocycles. The first-order valence-corrected chi connectivity index (χ1v) is 11.5. The molecule has 0 unspecified atom stereocenters. The molecule has 8 heteroatoms. The van der Waals surface area contributed by atoms with E-state index >= 15 is 0 Å². The fourth-order valence-electron chi connectivity index (χ4n) is 3.93. The van der Waals surface area contributed by atoms with Crippen molar-refractivity contribution in [3.8, 4) is 0 Å². The van der Waals surface area contributed by atoms with Crippen LogP contribution < -0.4 is 0 Å². The quantitative estimate of drug-likeness (QED) is 0.208. The minimum absolute atomic E-state index is 0.0234. The molecular formula is C25H36O8. The Morgan fingerprint density at radius 1 is 0.697 bits per heavy atom. The molecule has 2 aliphatic carbocycles. The number of allylic oxidation sites excluding steroid dienone is 2. The van der Waals surface area contributed by atoms with Crippen molar-refractivity contribution >= 4 is 23.9 Å². The molecule has 0 aromatic rings. The summed E-state index contributed by atoms with van der Waals surface area (Å²) < 4.78 is 10.6. The molecule has 2 N–H and O–H groups in total. The largest absolute Gasteiger partial charge is 0.480 e. The Morgan fingerprint density at radius 3 is 1.30 bits per heavy atom. The SMILES string of the molecule is C=CCC(CC=C)(C(=O)O)C(=O)O.O=C(/C=C\C(=O)OC1CCCCC1)OC1CCCCC1. The van der Waals surface area contributed by atoms with Crippen LogP contribution in [0.1, 0.15) is 77.0 Å². The lowest BCUT2D eigenvalue weighted by atomic mass is 9.81. The molecule has 0 aromatic carbocycles. The molecule has 0 bridgehead atoms. The maximum absolute atomic E-state index is 11.6. The van der Waals surface area contributed by atoms with Gasteiger partial charge in [0.05, 0.1) is 0 Å². The summed E-state index contributed by atoms with van der Waals surface area (Å²) in [5, 5.41) is 17.6. The third-order valence-electron chi connectivity index (χ3n) is 5.83. The van der Waals surface area contributed by atoms with Crippen molar-refractivity contribution in [3.63, 3.8) is 0 Å². The lowest BCUT2D eigenvalue weighted by Crippen LogP contribution is -2.38. The minimum atomic E-state index is -1.80. The number of hydrogen-bond acceptors (Lipinski definition) is 6. The predicted molar refractivity (Wildman–Crippen MR) is 122 cm³/mol. The van der Waals surface area contributed by atoms with Crippen LogP contribution in [0.2, 0.25) is 0 Å². The van der Waals surface area contributed by atoms with Crippen LogP contribution in [0, 0.1) is 5.41 Å². The van der Waals surface area contributed by atoms with Crippen LogP contribution in [-0.2, 0) is 28.7 Å². The van der Waals surface area contributed by atoms with Crippen molar-refractivity contribution in [1.29, 1.82) is 0 Å². The van der Waals surface area contributed by atoms with Crippen LogP contribution in [0.5, 0.6) is 0 Å². The van der Waals surface area contributed by atoms with Crippen LogP contribution in [0.4, 0.5) is 0 Å². The van der Waals surface area contributed by atoms with Gasteiger partial charge in [0.25, 0.3) is 0 Å². The molecule has 0 aliphatic heterocycles. The highest BCUT2D eigenvalue weighted by atomic mass is 16.5. The molecule has 2 aliphatic rings. The highest BCUT2D eigenvalue weighted by molar-refractivity contribution is 5.98. The molecule has 2 saturated carbocycles. The van der Waals surface area contributed by atoms with Crippen molar-refractivity contribution in [3.05, 3.63) is 37.5 Å². The van der Waals surface area contributed by atoms with Crippen molar-refractivity contribution in [1.82, 2.24) is 0 Å². The monoisotopic (exact) mass is 464 g/mol. The van der Waals surface area contributed by atoms with Gasteiger partial charge in [0.2, 0.25) is 0 Å². The molecule has 33 heavy (non-hydrogen) atoms. The second-order valence-electron chi connectivity index (χ2n) is 8.41. The average Bonchev–Trinajstić information content (AvgIpc) is 2.79. The second-order valence-corrected chi connectivity index (χ2v) is 8.41. The van der Waals surface area contributed by atoms with E-state index in [9.17, 15) is 19.2 Å². The summed E-state index contributed by atoms with van der Waals surface area (Å²) in [4.78, 5) is 44.7. The summed E-state index contributed by atoms with van der Waals surface area (Å²) >= 11 is 0. The van der Waals surface area contributed by atoms with E-state index in [-0.39, 0.29) is 25.0 Å². The number of rotatable bonds is 10. The van der Waals surface area contributed by atoms with Crippen molar-refractivity contribution in [2.24, 2.45) is 5.41 Å². The predicted octanol–water partition coefficient (Wildman–Crippen LogP) is 4.59. The number of ether oxygens (including phenoxy) is 2. The standard InChI is InChI=1S/C16H24O4.C9H12O4/c17-15(19-13-7-3-1-4-8-13)11-12-16(18)20-14-9-5-2-6-10-14;1-3-5-9(6-4-2,7(10)11)8(12)13/h11-14H,1-10H2;3-4H,1-2,5-6H2,(H,10,11)(H,12,13)/b12-11-;. The van der Waals surface area contributed by atoms with E-state index in [2.05, 4.69) is 13.2 Å². The van der Waals surface area contributed by atoms with Gasteiger partial charge in [0, 0.05) is 12.2 Å². The van der Waals surface area contributed by atoms with Gasteiger partial charge in [0.1, 0.15) is 12.2 Å². The summed E-state index contributed by atoms with van der Waals surface area (Å²) in [6.07, 6.45) is 15.4. The fraction of sp³-hybridized carbons (Fsp3) is 0.600. The maximum Gasteiger partial charge on any atom is 0.331 e. The van der Waals surface area contributed by atoms with Crippen LogP contribution in [0.15, 0.2) is 37.5 Å². The zero-order chi connectivity index (χ0) is 24.7. The van der Waals surface area contributed by atoms with Crippen molar-refractivity contribution in [2.75, 3.05) is 0 Å². The zero-order valence-corrected chi connectivity index (χ0v) is 19.2. The number of carboxylic acids is 2. The van der Waals surface area contributed by atoms with Gasteiger partial charge < -0.3 is 19.7 Å². The first-order valence-electron chi connectivity index (χ1n) is 11.5. The summed E-state index contributed by atoms with van der Waals surface area (Å²) in [5.41, 5.74) is -1.80. The Hall–Kier alpha value is -2.90. The average molecular weight is 465 g/mol. The lowest BCUT2D eigenvalue weighted by Gasteiger charge is -2.21. The van der Waals surface area contributed by atoms with Gasteiger partial charge in [-0.25, -0.2) is 9.59 Å². The molecule has 2 rings (SSSR count). The van der Waals surface area contributed by atoms with Gasteiger partial charge in [-0.2, -0.15) is 0 Å². The Balaban J connectivity index is 0.000000366. The zero-order valence-electron chi connectivity index (χ0n) is 19.2. The first-order chi connectivity index (χ1) is 15.7. The van der Waals surface area contributed by atoms with Crippen molar-refractivity contribution < 1.29 is 38.9 Å². The van der Waals surface area contributed by atoms with E-state index < -0.39 is 29.3 Å². The Morgan fingerprint density at radius 2 is 1.03 bits per heavy atom. The number of carbonyl (C=O) groups excluding carboxylic acids is 2. The number of carbonyl (C=O) groups is 4.